The fraction of sp³-hybridized carbons (Fsp3) is 0.500. The van der Waals surface area contributed by atoms with Crippen LogP contribution in [0.2, 0.25) is 5.02 Å². The summed E-state index contributed by atoms with van der Waals surface area (Å²) in [4.78, 5) is 5.05. The molecule has 1 aromatic rings. The highest BCUT2D eigenvalue weighted by atomic mass is 79.9. The van der Waals surface area contributed by atoms with E-state index in [1.807, 2.05) is 12.1 Å². The van der Waals surface area contributed by atoms with Gasteiger partial charge in [0.15, 0.2) is 0 Å². The molecule has 1 aliphatic heterocycles. The van der Waals surface area contributed by atoms with E-state index in [1.54, 1.807) is 7.11 Å². The Morgan fingerprint density at radius 3 is 2.88 bits per heavy atom. The lowest BCUT2D eigenvalue weighted by Gasteiger charge is -2.38. The standard InChI is InChI=1S/C12H15BrClNO2/c1-12(2)6-10(15-16-3)8-4-7(14)5-9(13)11(8)17-12/h4-5,10,15H,6H2,1-3H3. The van der Waals surface area contributed by atoms with Crippen LogP contribution in [0.3, 0.4) is 0 Å². The molecule has 1 atom stereocenters. The lowest BCUT2D eigenvalue weighted by atomic mass is 9.90. The van der Waals surface area contributed by atoms with Gasteiger partial charge < -0.3 is 9.57 Å². The summed E-state index contributed by atoms with van der Waals surface area (Å²) in [6.45, 7) is 4.11. The van der Waals surface area contributed by atoms with Crippen molar-refractivity contribution < 1.29 is 9.57 Å². The zero-order valence-corrected chi connectivity index (χ0v) is 12.4. The van der Waals surface area contributed by atoms with Crippen LogP contribution in [0, 0.1) is 0 Å². The van der Waals surface area contributed by atoms with Gasteiger partial charge in [-0.1, -0.05) is 11.6 Å². The van der Waals surface area contributed by atoms with E-state index in [9.17, 15) is 0 Å². The molecule has 0 saturated carbocycles. The summed E-state index contributed by atoms with van der Waals surface area (Å²) in [6, 6.07) is 3.83. The van der Waals surface area contributed by atoms with Crippen molar-refractivity contribution in [2.45, 2.75) is 31.9 Å². The fourth-order valence-corrected chi connectivity index (χ4v) is 3.03. The molecule has 0 bridgehead atoms. The quantitative estimate of drug-likeness (QED) is 0.840. The second-order valence-electron chi connectivity index (χ2n) is 4.75. The van der Waals surface area contributed by atoms with Crippen molar-refractivity contribution in [1.29, 1.82) is 0 Å². The minimum Gasteiger partial charge on any atom is -0.486 e. The minimum atomic E-state index is -0.237. The highest BCUT2D eigenvalue weighted by molar-refractivity contribution is 9.10. The van der Waals surface area contributed by atoms with Gasteiger partial charge in [-0.25, -0.2) is 0 Å². The number of hydroxylamine groups is 1. The van der Waals surface area contributed by atoms with E-state index in [1.165, 1.54) is 0 Å². The first-order valence-electron chi connectivity index (χ1n) is 5.39. The van der Waals surface area contributed by atoms with Gasteiger partial charge in [0.25, 0.3) is 0 Å². The maximum atomic E-state index is 6.06. The first-order chi connectivity index (χ1) is 7.93. The van der Waals surface area contributed by atoms with Crippen LogP contribution < -0.4 is 10.2 Å². The number of hydrogen-bond acceptors (Lipinski definition) is 3. The van der Waals surface area contributed by atoms with Crippen LogP contribution in [-0.4, -0.2) is 12.7 Å². The average Bonchev–Trinajstić information content (AvgIpc) is 2.19. The number of nitrogens with one attached hydrogen (secondary N) is 1. The predicted octanol–water partition coefficient (Wildman–Crippen LogP) is 3.86. The maximum absolute atomic E-state index is 6.06. The van der Waals surface area contributed by atoms with Gasteiger partial charge in [0, 0.05) is 17.0 Å². The molecule has 1 aromatic carbocycles. The number of ether oxygens (including phenoxy) is 1. The second-order valence-corrected chi connectivity index (χ2v) is 6.04. The summed E-state index contributed by atoms with van der Waals surface area (Å²) in [5.74, 6) is 0.834. The summed E-state index contributed by atoms with van der Waals surface area (Å²) in [5.41, 5.74) is 3.77. The Balaban J connectivity index is 2.48. The number of benzene rings is 1. The summed E-state index contributed by atoms with van der Waals surface area (Å²) in [7, 11) is 1.61. The first kappa shape index (κ1) is 13.1. The molecule has 94 valence electrons. The Labute approximate surface area is 115 Å². The molecule has 0 saturated heterocycles. The van der Waals surface area contributed by atoms with Gasteiger partial charge in [0.1, 0.15) is 11.4 Å². The van der Waals surface area contributed by atoms with Crippen molar-refractivity contribution in [2.75, 3.05) is 7.11 Å². The van der Waals surface area contributed by atoms with E-state index in [2.05, 4.69) is 35.3 Å². The Bertz CT molecular complexity index is 437. The molecule has 1 unspecified atom stereocenters. The molecular weight excluding hydrogens is 305 g/mol. The molecule has 2 rings (SSSR count). The van der Waals surface area contributed by atoms with E-state index in [0.717, 1.165) is 22.2 Å². The number of halogens is 2. The molecule has 0 amide bonds. The monoisotopic (exact) mass is 319 g/mol. The maximum Gasteiger partial charge on any atom is 0.139 e. The molecule has 0 fully saturated rings. The lowest BCUT2D eigenvalue weighted by molar-refractivity contribution is 0.00254. The molecule has 5 heteroatoms. The van der Waals surface area contributed by atoms with Crippen LogP contribution in [0.1, 0.15) is 31.9 Å². The summed E-state index contributed by atoms with van der Waals surface area (Å²) in [5, 5.41) is 0.682. The largest absolute Gasteiger partial charge is 0.486 e. The highest BCUT2D eigenvalue weighted by Gasteiger charge is 2.35. The Morgan fingerprint density at radius 1 is 1.53 bits per heavy atom. The molecule has 0 aliphatic carbocycles. The Hall–Kier alpha value is -0.290. The minimum absolute atomic E-state index is 0.0775. The van der Waals surface area contributed by atoms with Gasteiger partial charge in [-0.3, -0.25) is 0 Å². The van der Waals surface area contributed by atoms with Crippen LogP contribution in [0.4, 0.5) is 0 Å². The molecule has 1 aliphatic rings. The number of hydrogen-bond donors (Lipinski definition) is 1. The number of fused-ring (bicyclic) bond motifs is 1. The van der Waals surface area contributed by atoms with Crippen LogP contribution in [0.15, 0.2) is 16.6 Å². The Morgan fingerprint density at radius 2 is 2.24 bits per heavy atom. The van der Waals surface area contributed by atoms with Crippen molar-refractivity contribution in [3.8, 4) is 5.75 Å². The third kappa shape index (κ3) is 2.76. The zero-order valence-electron chi connectivity index (χ0n) is 10.0. The first-order valence-corrected chi connectivity index (χ1v) is 6.56. The van der Waals surface area contributed by atoms with E-state index in [4.69, 9.17) is 21.2 Å². The van der Waals surface area contributed by atoms with E-state index in [0.29, 0.717) is 5.02 Å². The molecule has 17 heavy (non-hydrogen) atoms. The van der Waals surface area contributed by atoms with Crippen LogP contribution in [-0.2, 0) is 4.84 Å². The lowest BCUT2D eigenvalue weighted by Crippen LogP contribution is -2.39. The van der Waals surface area contributed by atoms with Crippen molar-refractivity contribution in [3.05, 3.63) is 27.2 Å². The van der Waals surface area contributed by atoms with E-state index < -0.39 is 0 Å². The zero-order chi connectivity index (χ0) is 12.6. The van der Waals surface area contributed by atoms with Crippen LogP contribution >= 0.6 is 27.5 Å². The molecule has 0 radical (unpaired) electrons. The molecule has 3 nitrogen and oxygen atoms in total. The third-order valence-corrected chi connectivity index (χ3v) is 3.55. The summed E-state index contributed by atoms with van der Waals surface area (Å²) < 4.78 is 6.85. The molecule has 0 spiro atoms. The Kier molecular flexibility index (Phi) is 3.69. The smallest absolute Gasteiger partial charge is 0.139 e. The van der Waals surface area contributed by atoms with Crippen molar-refractivity contribution in [3.63, 3.8) is 0 Å². The van der Waals surface area contributed by atoms with Crippen molar-refractivity contribution in [2.24, 2.45) is 0 Å². The summed E-state index contributed by atoms with van der Waals surface area (Å²) >= 11 is 9.55. The van der Waals surface area contributed by atoms with E-state index in [-0.39, 0.29) is 11.6 Å². The average molecular weight is 321 g/mol. The molecule has 0 aromatic heterocycles. The van der Waals surface area contributed by atoms with Gasteiger partial charge >= 0.3 is 0 Å². The SMILES string of the molecule is CONC1CC(C)(C)Oc2c(Br)cc(Cl)cc21. The predicted molar refractivity (Wildman–Crippen MR) is 71.4 cm³/mol. The van der Waals surface area contributed by atoms with Gasteiger partial charge in [-0.05, 0) is 41.9 Å². The third-order valence-electron chi connectivity index (χ3n) is 2.75. The van der Waals surface area contributed by atoms with Gasteiger partial charge in [-0.15, -0.1) is 0 Å². The summed E-state index contributed by atoms with van der Waals surface area (Å²) in [6.07, 6.45) is 0.820. The highest BCUT2D eigenvalue weighted by Crippen LogP contribution is 2.44. The fourth-order valence-electron chi connectivity index (χ4n) is 2.11. The number of rotatable bonds is 2. The van der Waals surface area contributed by atoms with Crippen molar-refractivity contribution in [1.82, 2.24) is 5.48 Å². The molecule has 1 heterocycles. The van der Waals surface area contributed by atoms with Crippen LogP contribution in [0.25, 0.3) is 0 Å². The van der Waals surface area contributed by atoms with Crippen LogP contribution in [0.5, 0.6) is 5.75 Å². The molecule has 1 N–H and O–H groups in total. The molecular formula is C12H15BrClNO2. The second kappa shape index (κ2) is 4.76. The van der Waals surface area contributed by atoms with Gasteiger partial charge in [0.2, 0.25) is 0 Å². The van der Waals surface area contributed by atoms with E-state index >= 15 is 0 Å². The van der Waals surface area contributed by atoms with Crippen molar-refractivity contribution >= 4 is 27.5 Å². The topological polar surface area (TPSA) is 30.5 Å². The normalized spacial score (nSPS) is 21.8. The van der Waals surface area contributed by atoms with Gasteiger partial charge in [-0.2, -0.15) is 5.48 Å². The van der Waals surface area contributed by atoms with Gasteiger partial charge in [0.05, 0.1) is 17.6 Å².